The Labute approximate surface area is 505 Å². The fourth-order valence-corrected chi connectivity index (χ4v) is 10.8. The summed E-state index contributed by atoms with van der Waals surface area (Å²) in [6.45, 7) is 3.68. The maximum Gasteiger partial charge on any atom is 0.220 e. The predicted octanol–water partition coefficient (Wildman–Crippen LogP) is 18.9. The lowest BCUT2D eigenvalue weighted by Gasteiger charge is -2.40. The van der Waals surface area contributed by atoms with Crippen LogP contribution in [-0.4, -0.2) is 87.5 Å². The first-order chi connectivity index (χ1) is 40.3. The normalized spacial score (nSPS) is 18.8. The molecule has 0 aliphatic carbocycles. The molecule has 0 bridgehead atoms. The SMILES string of the molecule is CC/C=C\C/C=C\C/C=C\C/C=C\CCCCCCCCCCCCCCCCCCCCCCC(=O)NC(COC1OC(CO)C(O)C(O)C1O)C(O)/C=C/CC/C=C/CC/C=C/CCCCCCCCCCCCCCCCCC. The van der Waals surface area contributed by atoms with E-state index < -0.39 is 49.5 Å². The largest absolute Gasteiger partial charge is 0.394 e. The molecule has 1 aliphatic heterocycles. The first-order valence-corrected chi connectivity index (χ1v) is 34.8. The summed E-state index contributed by atoms with van der Waals surface area (Å²) in [5.41, 5.74) is 0. The number of amides is 1. The topological polar surface area (TPSA) is 149 Å². The fourth-order valence-electron chi connectivity index (χ4n) is 10.8. The molecule has 1 saturated heterocycles. The standard InChI is InChI=1S/C73H131NO8/c1-3-5-7-9-11-13-15-17-19-21-23-25-27-29-31-32-33-34-35-36-37-39-41-43-45-47-49-51-53-55-57-59-61-63-69(77)74-66(65-81-73-72(80)71(79)70(78)68(64-75)82-73)67(76)62-60-58-56-54-52-50-48-46-44-42-40-38-30-28-26-24-22-20-18-16-14-12-10-8-6-4-2/h5,7,11,13,17,19,23,25,44,46,52,54,60,62,66-68,70-73,75-76,78-80H,3-4,6,8-10,12,14-16,18,20-22,24,26-43,45,47-51,53,55-59,61,63-65H2,1-2H3,(H,74,77)/b7-5-,13-11-,19-17-,25-23-,46-44+,54-52+,62-60+. The summed E-state index contributed by atoms with van der Waals surface area (Å²) >= 11 is 0. The Hall–Kier alpha value is -2.63. The summed E-state index contributed by atoms with van der Waals surface area (Å²) in [6, 6.07) is -0.832. The molecule has 7 unspecified atom stereocenters. The summed E-state index contributed by atoms with van der Waals surface area (Å²) in [4.78, 5) is 13.1. The highest BCUT2D eigenvalue weighted by Crippen LogP contribution is 2.23. The Bertz CT molecular complexity index is 1570. The summed E-state index contributed by atoms with van der Waals surface area (Å²) in [5.74, 6) is -0.188. The van der Waals surface area contributed by atoms with Crippen LogP contribution in [0.2, 0.25) is 0 Å². The van der Waals surface area contributed by atoms with Crippen molar-refractivity contribution in [3.8, 4) is 0 Å². The molecule has 82 heavy (non-hydrogen) atoms. The number of hydrogen-bond donors (Lipinski definition) is 6. The van der Waals surface area contributed by atoms with E-state index in [1.807, 2.05) is 6.08 Å². The van der Waals surface area contributed by atoms with Gasteiger partial charge in [-0.25, -0.2) is 0 Å². The summed E-state index contributed by atoms with van der Waals surface area (Å²) in [5, 5.41) is 54.7. The molecule has 0 saturated carbocycles. The van der Waals surface area contributed by atoms with E-state index >= 15 is 0 Å². The van der Waals surface area contributed by atoms with Gasteiger partial charge >= 0.3 is 0 Å². The van der Waals surface area contributed by atoms with Crippen LogP contribution in [0.15, 0.2) is 85.1 Å². The van der Waals surface area contributed by atoms with E-state index in [1.54, 1.807) is 6.08 Å². The molecule has 0 aromatic rings. The minimum atomic E-state index is -1.58. The number of carbonyl (C=O) groups is 1. The molecule has 9 heteroatoms. The van der Waals surface area contributed by atoms with E-state index in [4.69, 9.17) is 9.47 Å². The third-order valence-electron chi connectivity index (χ3n) is 16.2. The van der Waals surface area contributed by atoms with Gasteiger partial charge in [0.15, 0.2) is 6.29 Å². The summed E-state index contributed by atoms with van der Waals surface area (Å²) in [6.07, 6.45) is 81.2. The average Bonchev–Trinajstić information content (AvgIpc) is 3.57. The van der Waals surface area contributed by atoms with E-state index in [9.17, 15) is 30.3 Å². The van der Waals surface area contributed by atoms with E-state index in [-0.39, 0.29) is 12.5 Å². The Balaban J connectivity index is 2.15. The molecular formula is C73H131NO8. The Kier molecular flexibility index (Phi) is 58.0. The highest BCUT2D eigenvalue weighted by Gasteiger charge is 2.44. The number of rotatable bonds is 60. The van der Waals surface area contributed by atoms with Crippen LogP contribution >= 0.6 is 0 Å². The molecule has 0 radical (unpaired) electrons. The smallest absolute Gasteiger partial charge is 0.220 e. The van der Waals surface area contributed by atoms with Gasteiger partial charge in [0.25, 0.3) is 0 Å². The first-order valence-electron chi connectivity index (χ1n) is 34.8. The molecule has 0 spiro atoms. The average molecular weight is 1150 g/mol. The number of ether oxygens (including phenoxy) is 2. The van der Waals surface area contributed by atoms with Crippen molar-refractivity contribution < 1.29 is 39.8 Å². The van der Waals surface area contributed by atoms with E-state index in [2.05, 4.69) is 92.1 Å². The van der Waals surface area contributed by atoms with Crippen LogP contribution in [0.5, 0.6) is 0 Å². The molecule has 0 aromatic carbocycles. The quantitative estimate of drug-likeness (QED) is 0.0261. The van der Waals surface area contributed by atoms with Crippen molar-refractivity contribution in [2.24, 2.45) is 0 Å². The second kappa shape index (κ2) is 61.5. The molecule has 6 N–H and O–H groups in total. The maximum absolute atomic E-state index is 13.1. The lowest BCUT2D eigenvalue weighted by Crippen LogP contribution is -2.60. The third-order valence-corrected chi connectivity index (χ3v) is 16.2. The van der Waals surface area contributed by atoms with Gasteiger partial charge in [-0.15, -0.1) is 0 Å². The van der Waals surface area contributed by atoms with Gasteiger partial charge in [0, 0.05) is 6.42 Å². The van der Waals surface area contributed by atoms with Crippen molar-refractivity contribution in [1.29, 1.82) is 0 Å². The Morgan fingerprint density at radius 3 is 1.17 bits per heavy atom. The van der Waals surface area contributed by atoms with Crippen LogP contribution < -0.4 is 5.32 Å². The van der Waals surface area contributed by atoms with E-state index in [0.29, 0.717) is 6.42 Å². The van der Waals surface area contributed by atoms with Gasteiger partial charge in [0.05, 0.1) is 25.4 Å². The minimum absolute atomic E-state index is 0.188. The van der Waals surface area contributed by atoms with Crippen molar-refractivity contribution in [2.45, 2.75) is 358 Å². The van der Waals surface area contributed by atoms with Gasteiger partial charge in [-0.1, -0.05) is 311 Å². The number of unbranched alkanes of at least 4 members (excludes halogenated alkanes) is 38. The monoisotopic (exact) mass is 1150 g/mol. The number of aliphatic hydroxyl groups excluding tert-OH is 5. The van der Waals surface area contributed by atoms with Crippen LogP contribution in [0.1, 0.15) is 316 Å². The van der Waals surface area contributed by atoms with Crippen molar-refractivity contribution in [2.75, 3.05) is 13.2 Å². The van der Waals surface area contributed by atoms with Gasteiger partial charge in [-0.2, -0.15) is 0 Å². The van der Waals surface area contributed by atoms with Crippen molar-refractivity contribution in [3.63, 3.8) is 0 Å². The number of allylic oxidation sites excluding steroid dienone is 13. The summed E-state index contributed by atoms with van der Waals surface area (Å²) < 4.78 is 11.3. The zero-order valence-electron chi connectivity index (χ0n) is 53.2. The number of aliphatic hydroxyl groups is 5. The van der Waals surface area contributed by atoms with Gasteiger partial charge in [0.2, 0.25) is 5.91 Å². The molecule has 9 nitrogen and oxygen atoms in total. The van der Waals surface area contributed by atoms with Crippen LogP contribution in [0.4, 0.5) is 0 Å². The predicted molar refractivity (Wildman–Crippen MR) is 350 cm³/mol. The third kappa shape index (κ3) is 49.6. The van der Waals surface area contributed by atoms with E-state index in [1.165, 1.54) is 225 Å². The summed E-state index contributed by atoms with van der Waals surface area (Å²) in [7, 11) is 0. The lowest BCUT2D eigenvalue weighted by atomic mass is 9.99. The van der Waals surface area contributed by atoms with Crippen molar-refractivity contribution >= 4 is 5.91 Å². The highest BCUT2D eigenvalue weighted by atomic mass is 16.7. The molecule has 1 rings (SSSR count). The number of nitrogens with one attached hydrogen (secondary N) is 1. The second-order valence-electron chi connectivity index (χ2n) is 23.9. The number of carbonyl (C=O) groups excluding carboxylic acids is 1. The van der Waals surface area contributed by atoms with Gasteiger partial charge in [-0.05, 0) is 83.5 Å². The Morgan fingerprint density at radius 1 is 0.427 bits per heavy atom. The van der Waals surface area contributed by atoms with Crippen LogP contribution in [-0.2, 0) is 14.3 Å². The van der Waals surface area contributed by atoms with Gasteiger partial charge in [0.1, 0.15) is 24.4 Å². The molecule has 1 amide bonds. The highest BCUT2D eigenvalue weighted by molar-refractivity contribution is 5.76. The first kappa shape index (κ1) is 77.4. The molecule has 1 heterocycles. The maximum atomic E-state index is 13.1. The molecule has 7 atom stereocenters. The molecule has 476 valence electrons. The molecule has 1 fully saturated rings. The molecule has 0 aromatic heterocycles. The second-order valence-corrected chi connectivity index (χ2v) is 23.9. The zero-order valence-corrected chi connectivity index (χ0v) is 53.2. The number of hydrogen-bond acceptors (Lipinski definition) is 8. The van der Waals surface area contributed by atoms with Crippen molar-refractivity contribution in [3.05, 3.63) is 85.1 Å². The minimum Gasteiger partial charge on any atom is -0.394 e. The lowest BCUT2D eigenvalue weighted by molar-refractivity contribution is -0.302. The van der Waals surface area contributed by atoms with Crippen LogP contribution in [0.25, 0.3) is 0 Å². The fraction of sp³-hybridized carbons (Fsp3) is 0.795. The van der Waals surface area contributed by atoms with Crippen molar-refractivity contribution in [1.82, 2.24) is 5.32 Å². The molecular weight excluding hydrogens is 1020 g/mol. The van der Waals surface area contributed by atoms with Crippen LogP contribution in [0, 0.1) is 0 Å². The van der Waals surface area contributed by atoms with Gasteiger partial charge < -0.3 is 40.3 Å². The van der Waals surface area contributed by atoms with E-state index in [0.717, 1.165) is 70.6 Å². The van der Waals surface area contributed by atoms with Gasteiger partial charge in [-0.3, -0.25) is 4.79 Å². The Morgan fingerprint density at radius 2 is 0.768 bits per heavy atom. The van der Waals surface area contributed by atoms with Crippen LogP contribution in [0.3, 0.4) is 0 Å². The molecule has 1 aliphatic rings. The zero-order chi connectivity index (χ0) is 59.3.